The Hall–Kier alpha value is -6.28. The minimum atomic E-state index is 0.827. The van der Waals surface area contributed by atoms with E-state index in [0.717, 1.165) is 116 Å². The molecule has 0 unspecified atom stereocenters. The van der Waals surface area contributed by atoms with Crippen LogP contribution < -0.4 is 0 Å². The molecule has 0 aliphatic carbocycles. The van der Waals surface area contributed by atoms with Crippen LogP contribution in [0.1, 0.15) is 45.0 Å². The smallest absolute Gasteiger partial charge is 0.0737 e. The molecule has 6 aliphatic rings. The SMILES string of the molecule is CN1C=CC(c2c3nc(c(C4=CCN(C)C=C4)c4ccc([nH]4)c(C4=CCN(C)C=C4)c4nc(c(C5=CCN(C)C=C5)c5ccc2[nH]5)C=C4)C=C3)=CC1. The average molecular weight is 683 g/mol. The van der Waals surface area contributed by atoms with Gasteiger partial charge in [0.1, 0.15) is 0 Å². The first kappa shape index (κ1) is 31.7. The van der Waals surface area contributed by atoms with Crippen LogP contribution >= 0.6 is 0 Å². The van der Waals surface area contributed by atoms with Gasteiger partial charge in [-0.25, -0.2) is 9.97 Å². The lowest BCUT2D eigenvalue weighted by Crippen LogP contribution is -2.13. The van der Waals surface area contributed by atoms with E-state index in [2.05, 4.69) is 180 Å². The van der Waals surface area contributed by atoms with Crippen LogP contribution in [-0.2, 0) is 0 Å². The second-order valence-corrected chi connectivity index (χ2v) is 14.2. The van der Waals surface area contributed by atoms with E-state index in [9.17, 15) is 0 Å². The van der Waals surface area contributed by atoms with Gasteiger partial charge in [0.25, 0.3) is 0 Å². The molecule has 3 aromatic rings. The molecule has 0 atom stereocenters. The maximum atomic E-state index is 5.43. The zero-order valence-corrected chi connectivity index (χ0v) is 30.1. The van der Waals surface area contributed by atoms with Crippen molar-refractivity contribution in [1.29, 1.82) is 0 Å². The van der Waals surface area contributed by atoms with Crippen molar-refractivity contribution in [3.8, 4) is 0 Å². The molecule has 9 rings (SSSR count). The number of allylic oxidation sites excluding steroid dienone is 8. The van der Waals surface area contributed by atoms with Crippen LogP contribution in [-0.4, -0.2) is 93.9 Å². The van der Waals surface area contributed by atoms with Gasteiger partial charge in [0.15, 0.2) is 0 Å². The van der Waals surface area contributed by atoms with Crippen LogP contribution in [0.5, 0.6) is 0 Å². The van der Waals surface area contributed by atoms with Crippen molar-refractivity contribution >= 4 is 68.7 Å². The molecule has 8 bridgehead atoms. The maximum Gasteiger partial charge on any atom is 0.0737 e. The van der Waals surface area contributed by atoms with Gasteiger partial charge in [-0.3, -0.25) is 0 Å². The molecule has 0 radical (unpaired) electrons. The Morgan fingerprint density at radius 1 is 0.385 bits per heavy atom. The summed E-state index contributed by atoms with van der Waals surface area (Å²) in [5.74, 6) is 0. The summed E-state index contributed by atoms with van der Waals surface area (Å²) in [7, 11) is 8.39. The van der Waals surface area contributed by atoms with Gasteiger partial charge in [0, 0.05) is 98.7 Å². The molecule has 9 heterocycles. The summed E-state index contributed by atoms with van der Waals surface area (Å²) in [5, 5.41) is 0. The molecular formula is C44H42N8. The van der Waals surface area contributed by atoms with Crippen molar-refractivity contribution in [3.05, 3.63) is 143 Å². The van der Waals surface area contributed by atoms with E-state index >= 15 is 0 Å². The fourth-order valence-corrected chi connectivity index (χ4v) is 7.48. The van der Waals surface area contributed by atoms with Crippen molar-refractivity contribution in [1.82, 2.24) is 39.5 Å². The normalized spacial score (nSPS) is 17.9. The van der Waals surface area contributed by atoms with E-state index in [-0.39, 0.29) is 0 Å². The minimum absolute atomic E-state index is 0.827. The summed E-state index contributed by atoms with van der Waals surface area (Å²) in [6, 6.07) is 8.79. The number of nitrogens with zero attached hydrogens (tertiary/aromatic N) is 6. The number of aromatic nitrogens is 4. The van der Waals surface area contributed by atoms with E-state index in [1.54, 1.807) is 0 Å². The molecule has 8 nitrogen and oxygen atoms in total. The van der Waals surface area contributed by atoms with Crippen molar-refractivity contribution in [2.24, 2.45) is 0 Å². The first-order chi connectivity index (χ1) is 25.4. The average Bonchev–Trinajstić information content (AvgIpc) is 3.99. The van der Waals surface area contributed by atoms with E-state index in [1.807, 2.05) is 0 Å². The van der Waals surface area contributed by atoms with Gasteiger partial charge in [0.2, 0.25) is 0 Å². The lowest BCUT2D eigenvalue weighted by atomic mass is 10.0. The zero-order valence-electron chi connectivity index (χ0n) is 30.1. The van der Waals surface area contributed by atoms with Crippen molar-refractivity contribution in [3.63, 3.8) is 0 Å². The lowest BCUT2D eigenvalue weighted by Gasteiger charge is -2.18. The predicted octanol–water partition coefficient (Wildman–Crippen LogP) is 8.03. The summed E-state index contributed by atoms with van der Waals surface area (Å²) >= 11 is 0. The Morgan fingerprint density at radius 3 is 0.846 bits per heavy atom. The molecule has 0 fully saturated rings. The Kier molecular flexibility index (Phi) is 7.80. The Labute approximate surface area is 304 Å². The molecule has 0 saturated carbocycles. The van der Waals surface area contributed by atoms with Gasteiger partial charge in [-0.2, -0.15) is 0 Å². The second-order valence-electron chi connectivity index (χ2n) is 14.2. The number of hydrogen-bond acceptors (Lipinski definition) is 6. The summed E-state index contributed by atoms with van der Waals surface area (Å²) in [6.07, 6.45) is 35.2. The number of H-pyrrole nitrogens is 2. The van der Waals surface area contributed by atoms with Gasteiger partial charge in [-0.05, 0) is 120 Å². The highest BCUT2D eigenvalue weighted by Crippen LogP contribution is 2.36. The Balaban J connectivity index is 1.42. The Bertz CT molecular complexity index is 2150. The standard InChI is InChI=1S/C44H42N8/c1-49-21-13-29(14-22-49)41-33-5-7-35(45-33)42(30-15-23-50(2)24-16-30)37-9-11-39(47-37)44(32-19-27-52(4)28-20-32)40-12-10-38(48-40)43(36-8-6-34(41)46-36)31-17-25-51(3)26-18-31/h5-21,23,25,27,45,48H,22,24,26,28H2,1-4H3. The molecule has 0 saturated heterocycles. The van der Waals surface area contributed by atoms with Gasteiger partial charge >= 0.3 is 0 Å². The first-order valence-electron chi connectivity index (χ1n) is 17.9. The molecule has 6 aliphatic heterocycles. The largest absolute Gasteiger partial charge is 0.377 e. The molecule has 0 aromatic carbocycles. The fraction of sp³-hybridized carbons (Fsp3) is 0.182. The van der Waals surface area contributed by atoms with E-state index in [0.29, 0.717) is 0 Å². The van der Waals surface area contributed by atoms with Crippen molar-refractivity contribution in [2.45, 2.75) is 0 Å². The maximum absolute atomic E-state index is 5.43. The highest BCUT2D eigenvalue weighted by molar-refractivity contribution is 5.99. The number of aromatic amines is 2. The summed E-state index contributed by atoms with van der Waals surface area (Å²) in [6.45, 7) is 3.31. The van der Waals surface area contributed by atoms with Crippen LogP contribution in [0, 0.1) is 0 Å². The highest BCUT2D eigenvalue weighted by Gasteiger charge is 2.21. The quantitative estimate of drug-likeness (QED) is 0.200. The Morgan fingerprint density at radius 2 is 0.635 bits per heavy atom. The highest BCUT2D eigenvalue weighted by atomic mass is 15.1. The van der Waals surface area contributed by atoms with Gasteiger partial charge in [0.05, 0.1) is 22.8 Å². The number of rotatable bonds is 4. The van der Waals surface area contributed by atoms with Crippen LogP contribution in [0.15, 0.2) is 97.7 Å². The molecular weight excluding hydrogens is 641 g/mol. The molecule has 258 valence electrons. The summed E-state index contributed by atoms with van der Waals surface area (Å²) in [5.41, 5.74) is 16.7. The number of fused-ring (bicyclic) bond motifs is 8. The van der Waals surface area contributed by atoms with Crippen LogP contribution in [0.3, 0.4) is 0 Å². The first-order valence-corrected chi connectivity index (χ1v) is 17.9. The number of hydrogen-bond donors (Lipinski definition) is 2. The van der Waals surface area contributed by atoms with Gasteiger partial charge in [-0.1, -0.05) is 24.3 Å². The number of nitrogens with one attached hydrogen (secondary N) is 2. The molecule has 0 spiro atoms. The van der Waals surface area contributed by atoms with Crippen LogP contribution in [0.25, 0.3) is 68.7 Å². The molecule has 2 N–H and O–H groups in total. The third-order valence-corrected chi connectivity index (χ3v) is 10.3. The van der Waals surface area contributed by atoms with Crippen molar-refractivity contribution in [2.75, 3.05) is 54.4 Å². The summed E-state index contributed by atoms with van der Waals surface area (Å²) < 4.78 is 0. The summed E-state index contributed by atoms with van der Waals surface area (Å²) in [4.78, 5) is 27.3. The zero-order chi connectivity index (χ0) is 35.3. The topological polar surface area (TPSA) is 70.3 Å². The monoisotopic (exact) mass is 682 g/mol. The van der Waals surface area contributed by atoms with E-state index < -0.39 is 0 Å². The van der Waals surface area contributed by atoms with E-state index in [4.69, 9.17) is 9.97 Å². The lowest BCUT2D eigenvalue weighted by molar-refractivity contribution is 0.506. The third kappa shape index (κ3) is 5.76. The second kappa shape index (κ2) is 12.8. The molecule has 8 heteroatoms. The molecule has 0 amide bonds. The molecule has 52 heavy (non-hydrogen) atoms. The minimum Gasteiger partial charge on any atom is -0.377 e. The fourth-order valence-electron chi connectivity index (χ4n) is 7.48. The third-order valence-electron chi connectivity index (χ3n) is 10.3. The van der Waals surface area contributed by atoms with Crippen LogP contribution in [0.2, 0.25) is 0 Å². The van der Waals surface area contributed by atoms with Crippen LogP contribution in [0.4, 0.5) is 0 Å². The predicted molar refractivity (Wildman–Crippen MR) is 218 cm³/mol. The van der Waals surface area contributed by atoms with Gasteiger partial charge in [-0.15, -0.1) is 0 Å². The van der Waals surface area contributed by atoms with E-state index in [1.165, 1.54) is 0 Å². The number of likely N-dealkylation sites (N-methyl/N-ethyl adjacent to an activating group) is 4. The van der Waals surface area contributed by atoms with Crippen molar-refractivity contribution < 1.29 is 0 Å². The van der Waals surface area contributed by atoms with Gasteiger partial charge < -0.3 is 29.6 Å². The molecule has 3 aromatic heterocycles.